The normalized spacial score (nSPS) is 17.9. The number of aromatic nitrogens is 3. The first-order valence-corrected chi connectivity index (χ1v) is 12.4. The fraction of sp³-hybridized carbons (Fsp3) is 0.321. The van der Waals surface area contributed by atoms with Gasteiger partial charge in [-0.1, -0.05) is 42.5 Å². The molecule has 0 radical (unpaired) electrons. The van der Waals surface area contributed by atoms with Crippen molar-refractivity contribution < 1.29 is 9.53 Å². The lowest BCUT2D eigenvalue weighted by Crippen LogP contribution is -2.27. The molecule has 2 aliphatic rings. The Hall–Kier alpha value is -3.71. The summed E-state index contributed by atoms with van der Waals surface area (Å²) in [5.41, 5.74) is 5.29. The van der Waals surface area contributed by atoms with E-state index < -0.39 is 0 Å². The van der Waals surface area contributed by atoms with Gasteiger partial charge in [0.25, 0.3) is 5.91 Å². The molecule has 1 saturated heterocycles. The number of rotatable bonds is 7. The van der Waals surface area contributed by atoms with Crippen LogP contribution in [0.1, 0.15) is 42.5 Å². The summed E-state index contributed by atoms with van der Waals surface area (Å²) in [7, 11) is 0. The van der Waals surface area contributed by atoms with Gasteiger partial charge in [0.1, 0.15) is 0 Å². The van der Waals surface area contributed by atoms with Crippen LogP contribution in [0.4, 0.5) is 5.82 Å². The predicted octanol–water partition coefficient (Wildman–Crippen LogP) is 4.94. The van der Waals surface area contributed by atoms with Crippen molar-refractivity contribution in [2.75, 3.05) is 18.5 Å². The lowest BCUT2D eigenvalue weighted by molar-refractivity contribution is 0.0247. The summed E-state index contributed by atoms with van der Waals surface area (Å²) in [4.78, 5) is 22.0. The summed E-state index contributed by atoms with van der Waals surface area (Å²) in [5, 5.41) is 6.55. The molecule has 1 aliphatic carbocycles. The smallest absolute Gasteiger partial charge is 0.251 e. The highest BCUT2D eigenvalue weighted by Crippen LogP contribution is 2.28. The number of amides is 1. The van der Waals surface area contributed by atoms with Gasteiger partial charge in [0.2, 0.25) is 0 Å². The largest absolute Gasteiger partial charge is 0.376 e. The monoisotopic (exact) mass is 467 g/mol. The highest BCUT2D eigenvalue weighted by Gasteiger charge is 2.24. The summed E-state index contributed by atoms with van der Waals surface area (Å²) in [6.07, 6.45) is 9.63. The van der Waals surface area contributed by atoms with Crippen molar-refractivity contribution in [1.82, 2.24) is 19.7 Å². The van der Waals surface area contributed by atoms with Gasteiger partial charge in [-0.25, -0.2) is 9.97 Å². The molecule has 2 aromatic heterocycles. The zero-order valence-corrected chi connectivity index (χ0v) is 19.6. The molecule has 4 aromatic rings. The van der Waals surface area contributed by atoms with Crippen LogP contribution < -0.4 is 10.6 Å². The maximum Gasteiger partial charge on any atom is 0.251 e. The maximum atomic E-state index is 12.4. The van der Waals surface area contributed by atoms with Crippen LogP contribution in [0.2, 0.25) is 0 Å². The number of fused-ring (bicyclic) bond motifs is 1. The molecule has 2 N–H and O–H groups in total. The van der Waals surface area contributed by atoms with Crippen LogP contribution in [0.25, 0.3) is 28.2 Å². The Morgan fingerprint density at radius 3 is 2.57 bits per heavy atom. The van der Waals surface area contributed by atoms with Crippen LogP contribution in [-0.2, 0) is 4.74 Å². The van der Waals surface area contributed by atoms with Crippen LogP contribution >= 0.6 is 0 Å². The van der Waals surface area contributed by atoms with E-state index in [1.807, 2.05) is 54.9 Å². The van der Waals surface area contributed by atoms with Crippen LogP contribution in [0.5, 0.6) is 0 Å². The molecular weight excluding hydrogens is 438 g/mol. The highest BCUT2D eigenvalue weighted by atomic mass is 16.5. The number of hydrogen-bond acceptors (Lipinski definition) is 5. The van der Waals surface area contributed by atoms with Crippen LogP contribution in [0.15, 0.2) is 67.0 Å². The molecular formula is C28H29N5O2. The third-order valence-corrected chi connectivity index (χ3v) is 6.69. The van der Waals surface area contributed by atoms with Gasteiger partial charge in [0.05, 0.1) is 23.7 Å². The lowest BCUT2D eigenvalue weighted by Gasteiger charge is -2.23. The summed E-state index contributed by atoms with van der Waals surface area (Å²) in [6.45, 7) is 1.52. The van der Waals surface area contributed by atoms with E-state index in [2.05, 4.69) is 27.2 Å². The zero-order valence-electron chi connectivity index (χ0n) is 19.6. The van der Waals surface area contributed by atoms with E-state index in [1.165, 1.54) is 6.42 Å². The number of benzene rings is 2. The highest BCUT2D eigenvalue weighted by molar-refractivity contribution is 5.95. The molecule has 1 unspecified atom stereocenters. The van der Waals surface area contributed by atoms with Crippen molar-refractivity contribution in [2.45, 2.75) is 44.2 Å². The second-order valence-electron chi connectivity index (χ2n) is 9.37. The van der Waals surface area contributed by atoms with Crippen molar-refractivity contribution >= 4 is 17.4 Å². The Morgan fingerprint density at radius 1 is 1.00 bits per heavy atom. The number of carbonyl (C=O) groups excluding carboxylic acids is 1. The number of hydrogen-bond donors (Lipinski definition) is 2. The number of nitrogens with zero attached hydrogens (tertiary/aromatic N) is 3. The van der Waals surface area contributed by atoms with Gasteiger partial charge in [-0.3, -0.25) is 9.20 Å². The third kappa shape index (κ3) is 4.77. The average molecular weight is 468 g/mol. The van der Waals surface area contributed by atoms with Crippen LogP contribution in [0, 0.1) is 0 Å². The molecule has 2 fully saturated rings. The number of anilines is 1. The fourth-order valence-corrected chi connectivity index (χ4v) is 4.54. The van der Waals surface area contributed by atoms with Gasteiger partial charge < -0.3 is 15.4 Å². The van der Waals surface area contributed by atoms with Gasteiger partial charge in [-0.15, -0.1) is 0 Å². The standard InChI is InChI=1S/C28H29N5O2/c34-28(31-22-13-14-22)21-11-9-20(10-12-21)25-17-30-27-26(29-16-23-8-4-5-15-35-23)32-24(18-33(25)27)19-6-2-1-3-7-19/h1-3,6-7,9-12,17-18,22-23H,4-5,8,13-16H2,(H,29,32)(H,31,34). The maximum absolute atomic E-state index is 12.4. The molecule has 6 rings (SSSR count). The Balaban J connectivity index is 1.34. The topological polar surface area (TPSA) is 80.5 Å². The zero-order chi connectivity index (χ0) is 23.6. The number of nitrogens with one attached hydrogen (secondary N) is 2. The molecule has 1 amide bonds. The minimum atomic E-state index is -0.0100. The molecule has 1 aliphatic heterocycles. The molecule has 35 heavy (non-hydrogen) atoms. The minimum Gasteiger partial charge on any atom is -0.376 e. The van der Waals surface area contributed by atoms with Gasteiger partial charge in [-0.2, -0.15) is 0 Å². The van der Waals surface area contributed by atoms with E-state index >= 15 is 0 Å². The Morgan fingerprint density at radius 2 is 1.83 bits per heavy atom. The molecule has 1 atom stereocenters. The minimum absolute atomic E-state index is 0.0100. The average Bonchev–Trinajstić information content (AvgIpc) is 3.63. The van der Waals surface area contributed by atoms with Crippen molar-refractivity contribution in [3.63, 3.8) is 0 Å². The summed E-state index contributed by atoms with van der Waals surface area (Å²) < 4.78 is 7.99. The van der Waals surface area contributed by atoms with E-state index in [-0.39, 0.29) is 12.0 Å². The fourth-order valence-electron chi connectivity index (χ4n) is 4.54. The molecule has 0 bridgehead atoms. The van der Waals surface area contributed by atoms with Gasteiger partial charge in [0.15, 0.2) is 11.5 Å². The SMILES string of the molecule is O=C(NC1CC1)c1ccc(-c2cnc3c(NCC4CCCCO4)nc(-c4ccccc4)cn23)cc1. The quantitative estimate of drug-likeness (QED) is 0.403. The first kappa shape index (κ1) is 21.8. The molecule has 7 heteroatoms. The van der Waals surface area contributed by atoms with E-state index in [4.69, 9.17) is 14.7 Å². The number of carbonyl (C=O) groups is 1. The van der Waals surface area contributed by atoms with E-state index in [0.717, 1.165) is 66.3 Å². The first-order chi connectivity index (χ1) is 17.2. The van der Waals surface area contributed by atoms with Gasteiger partial charge in [0, 0.05) is 42.1 Å². The Kier molecular flexibility index (Phi) is 5.92. The van der Waals surface area contributed by atoms with E-state index in [9.17, 15) is 4.79 Å². The predicted molar refractivity (Wildman–Crippen MR) is 136 cm³/mol. The lowest BCUT2D eigenvalue weighted by atomic mass is 10.1. The molecule has 178 valence electrons. The van der Waals surface area contributed by atoms with Crippen molar-refractivity contribution in [2.24, 2.45) is 0 Å². The van der Waals surface area contributed by atoms with Crippen LogP contribution in [-0.4, -0.2) is 45.6 Å². The second-order valence-corrected chi connectivity index (χ2v) is 9.37. The van der Waals surface area contributed by atoms with E-state index in [1.54, 1.807) is 0 Å². The number of ether oxygens (including phenoxy) is 1. The molecule has 1 saturated carbocycles. The Labute approximate surface area is 204 Å². The van der Waals surface area contributed by atoms with Crippen molar-refractivity contribution in [3.05, 3.63) is 72.6 Å². The molecule has 2 aromatic carbocycles. The van der Waals surface area contributed by atoms with Gasteiger partial charge in [-0.05, 0) is 44.2 Å². The molecule has 7 nitrogen and oxygen atoms in total. The van der Waals surface area contributed by atoms with Gasteiger partial charge >= 0.3 is 0 Å². The second kappa shape index (κ2) is 9.50. The summed E-state index contributed by atoms with van der Waals surface area (Å²) >= 11 is 0. The molecule has 3 heterocycles. The summed E-state index contributed by atoms with van der Waals surface area (Å²) in [5.74, 6) is 0.733. The van der Waals surface area contributed by atoms with Crippen molar-refractivity contribution in [3.8, 4) is 22.5 Å². The van der Waals surface area contributed by atoms with Crippen LogP contribution in [0.3, 0.4) is 0 Å². The Bertz CT molecular complexity index is 1320. The van der Waals surface area contributed by atoms with Crippen molar-refractivity contribution in [1.29, 1.82) is 0 Å². The third-order valence-electron chi connectivity index (χ3n) is 6.69. The molecule has 0 spiro atoms. The summed E-state index contributed by atoms with van der Waals surface area (Å²) in [6, 6.07) is 18.2. The number of imidazole rings is 1. The first-order valence-electron chi connectivity index (χ1n) is 12.4. The van der Waals surface area contributed by atoms with E-state index in [0.29, 0.717) is 18.2 Å².